The van der Waals surface area contributed by atoms with Gasteiger partial charge in [-0.25, -0.2) is 0 Å². The van der Waals surface area contributed by atoms with E-state index in [9.17, 15) is 22.8 Å². The van der Waals surface area contributed by atoms with Gasteiger partial charge >= 0.3 is 6.36 Å². The highest BCUT2D eigenvalue weighted by Crippen LogP contribution is 2.32. The van der Waals surface area contributed by atoms with Crippen LogP contribution in [-0.4, -0.2) is 49.3 Å². The fourth-order valence-electron chi connectivity index (χ4n) is 2.50. The van der Waals surface area contributed by atoms with Crippen molar-refractivity contribution in [3.05, 3.63) is 24.3 Å². The van der Waals surface area contributed by atoms with Crippen molar-refractivity contribution in [1.82, 2.24) is 10.2 Å². The maximum absolute atomic E-state index is 12.1. The number of hydrogen-bond acceptors (Lipinski definition) is 4. The first kappa shape index (κ1) is 20.0. The molecule has 0 radical (unpaired) electrons. The number of carbonyl (C=O) groups excluding carboxylic acids is 2. The number of rotatable bonds is 8. The molecule has 0 aliphatic heterocycles. The molecule has 1 fully saturated rings. The summed E-state index contributed by atoms with van der Waals surface area (Å²) in [5, 5.41) is 5.46. The second-order valence-corrected chi connectivity index (χ2v) is 6.49. The van der Waals surface area contributed by atoms with E-state index in [4.69, 9.17) is 0 Å². The van der Waals surface area contributed by atoms with Gasteiger partial charge in [0.15, 0.2) is 0 Å². The minimum Gasteiger partial charge on any atom is -0.406 e. The van der Waals surface area contributed by atoms with Gasteiger partial charge in [0, 0.05) is 11.7 Å². The van der Waals surface area contributed by atoms with Gasteiger partial charge in [-0.15, -0.1) is 13.2 Å². The van der Waals surface area contributed by atoms with Crippen LogP contribution >= 0.6 is 0 Å². The van der Waals surface area contributed by atoms with Crippen LogP contribution in [0.1, 0.15) is 19.8 Å². The number of ether oxygens (including phenoxy) is 1. The molecule has 0 bridgehead atoms. The average Bonchev–Trinajstić information content (AvgIpc) is 3.31. The van der Waals surface area contributed by atoms with Crippen molar-refractivity contribution >= 4 is 17.5 Å². The second-order valence-electron chi connectivity index (χ2n) is 6.49. The molecule has 0 saturated heterocycles. The highest BCUT2D eigenvalue weighted by Gasteiger charge is 2.31. The molecule has 1 aliphatic rings. The monoisotopic (exact) mass is 373 g/mol. The van der Waals surface area contributed by atoms with Gasteiger partial charge in [-0.3, -0.25) is 14.5 Å². The number of carbonyl (C=O) groups is 2. The molecule has 144 valence electrons. The normalized spacial score (nSPS) is 15.5. The van der Waals surface area contributed by atoms with Crippen LogP contribution < -0.4 is 15.4 Å². The maximum Gasteiger partial charge on any atom is 0.573 e. The molecule has 0 spiro atoms. The van der Waals surface area contributed by atoms with Gasteiger partial charge in [-0.2, -0.15) is 0 Å². The number of amides is 2. The summed E-state index contributed by atoms with van der Waals surface area (Å²) in [5.74, 6) is -0.334. The molecule has 1 aromatic rings. The first-order valence-corrected chi connectivity index (χ1v) is 8.26. The Morgan fingerprint density at radius 3 is 2.31 bits per heavy atom. The summed E-state index contributed by atoms with van der Waals surface area (Å²) in [6.07, 6.45) is -2.50. The van der Waals surface area contributed by atoms with Crippen molar-refractivity contribution < 1.29 is 27.5 Å². The third-order valence-electron chi connectivity index (χ3n) is 3.92. The van der Waals surface area contributed by atoms with E-state index in [2.05, 4.69) is 15.4 Å². The molecule has 2 rings (SSSR count). The Balaban J connectivity index is 1.73. The SMILES string of the molecule is C[C@@H](NC(=O)CN(C)CC(=O)Nc1ccc(OC(F)(F)F)cc1)C1CC1. The third-order valence-corrected chi connectivity index (χ3v) is 3.92. The molecule has 1 aliphatic carbocycles. The molecule has 2 N–H and O–H groups in total. The summed E-state index contributed by atoms with van der Waals surface area (Å²) in [5.41, 5.74) is 0.338. The minimum absolute atomic E-state index is 0.0218. The van der Waals surface area contributed by atoms with Crippen molar-refractivity contribution in [2.75, 3.05) is 25.5 Å². The summed E-state index contributed by atoms with van der Waals surface area (Å²) < 4.78 is 40.0. The molecule has 1 saturated carbocycles. The lowest BCUT2D eigenvalue weighted by molar-refractivity contribution is -0.274. The number of alkyl halides is 3. The van der Waals surface area contributed by atoms with Gasteiger partial charge < -0.3 is 15.4 Å². The lowest BCUT2D eigenvalue weighted by Gasteiger charge is -2.18. The highest BCUT2D eigenvalue weighted by atomic mass is 19.4. The number of benzene rings is 1. The number of nitrogens with zero attached hydrogens (tertiary/aromatic N) is 1. The zero-order chi connectivity index (χ0) is 19.3. The molecule has 1 atom stereocenters. The van der Waals surface area contributed by atoms with Crippen LogP contribution in [0.15, 0.2) is 24.3 Å². The Bertz CT molecular complexity index is 630. The highest BCUT2D eigenvalue weighted by molar-refractivity contribution is 5.92. The number of hydrogen-bond donors (Lipinski definition) is 2. The van der Waals surface area contributed by atoms with Crippen molar-refractivity contribution in [3.8, 4) is 5.75 Å². The van der Waals surface area contributed by atoms with Crippen LogP contribution in [0.4, 0.5) is 18.9 Å². The quantitative estimate of drug-likeness (QED) is 0.734. The topological polar surface area (TPSA) is 70.7 Å². The van der Waals surface area contributed by atoms with Crippen LogP contribution in [0.3, 0.4) is 0 Å². The van der Waals surface area contributed by atoms with E-state index in [0.29, 0.717) is 11.6 Å². The summed E-state index contributed by atoms with van der Waals surface area (Å²) >= 11 is 0. The molecule has 2 amide bonds. The third kappa shape index (κ3) is 7.30. The number of anilines is 1. The number of likely N-dealkylation sites (N-methyl/N-ethyl adjacent to an activating group) is 1. The van der Waals surface area contributed by atoms with E-state index in [1.165, 1.54) is 12.1 Å². The lowest BCUT2D eigenvalue weighted by atomic mass is 10.2. The number of nitrogens with one attached hydrogen (secondary N) is 2. The van der Waals surface area contributed by atoms with Crippen molar-refractivity contribution in [3.63, 3.8) is 0 Å². The summed E-state index contributed by atoms with van der Waals surface area (Å²) in [7, 11) is 1.64. The summed E-state index contributed by atoms with van der Waals surface area (Å²) in [6, 6.07) is 4.98. The second kappa shape index (κ2) is 8.39. The Labute approximate surface area is 149 Å². The van der Waals surface area contributed by atoms with E-state index >= 15 is 0 Å². The Kier molecular flexibility index (Phi) is 6.47. The van der Waals surface area contributed by atoms with E-state index < -0.39 is 6.36 Å². The fraction of sp³-hybridized carbons (Fsp3) is 0.529. The summed E-state index contributed by atoms with van der Waals surface area (Å²) in [4.78, 5) is 25.4. The fourth-order valence-corrected chi connectivity index (χ4v) is 2.50. The van der Waals surface area contributed by atoms with Crippen molar-refractivity contribution in [2.45, 2.75) is 32.2 Å². The van der Waals surface area contributed by atoms with E-state index in [1.807, 2.05) is 6.92 Å². The minimum atomic E-state index is -4.76. The molecular weight excluding hydrogens is 351 g/mol. The predicted molar refractivity (Wildman–Crippen MR) is 89.6 cm³/mol. The Morgan fingerprint density at radius 2 is 1.77 bits per heavy atom. The van der Waals surface area contributed by atoms with Gasteiger partial charge in [0.2, 0.25) is 11.8 Å². The maximum atomic E-state index is 12.1. The predicted octanol–water partition coefficient (Wildman–Crippen LogP) is 2.37. The largest absolute Gasteiger partial charge is 0.573 e. The van der Waals surface area contributed by atoms with Crippen LogP contribution in [0.5, 0.6) is 5.75 Å². The first-order chi connectivity index (χ1) is 12.1. The Hall–Kier alpha value is -2.29. The molecule has 6 nitrogen and oxygen atoms in total. The van der Waals surface area contributed by atoms with E-state index in [0.717, 1.165) is 25.0 Å². The molecule has 0 unspecified atom stereocenters. The van der Waals surface area contributed by atoms with Crippen molar-refractivity contribution in [1.29, 1.82) is 0 Å². The van der Waals surface area contributed by atoms with Gasteiger partial charge in [0.05, 0.1) is 13.1 Å². The summed E-state index contributed by atoms with van der Waals surface area (Å²) in [6.45, 7) is 2.03. The molecule has 9 heteroatoms. The average molecular weight is 373 g/mol. The van der Waals surface area contributed by atoms with Crippen LogP contribution in [-0.2, 0) is 9.59 Å². The molecule has 0 heterocycles. The van der Waals surface area contributed by atoms with E-state index in [1.54, 1.807) is 11.9 Å². The van der Waals surface area contributed by atoms with Gasteiger partial charge in [-0.1, -0.05) is 0 Å². The Morgan fingerprint density at radius 1 is 1.19 bits per heavy atom. The smallest absolute Gasteiger partial charge is 0.406 e. The molecular formula is C17H22F3N3O3. The van der Waals surface area contributed by atoms with Crippen LogP contribution in [0.2, 0.25) is 0 Å². The first-order valence-electron chi connectivity index (χ1n) is 8.26. The molecule has 1 aromatic carbocycles. The molecule has 26 heavy (non-hydrogen) atoms. The zero-order valence-corrected chi connectivity index (χ0v) is 14.6. The van der Waals surface area contributed by atoms with Crippen LogP contribution in [0.25, 0.3) is 0 Å². The number of halogens is 3. The van der Waals surface area contributed by atoms with Gasteiger partial charge in [-0.05, 0) is 57.0 Å². The van der Waals surface area contributed by atoms with Gasteiger partial charge in [0.1, 0.15) is 5.75 Å². The van der Waals surface area contributed by atoms with Crippen molar-refractivity contribution in [2.24, 2.45) is 5.92 Å². The zero-order valence-electron chi connectivity index (χ0n) is 14.6. The van der Waals surface area contributed by atoms with E-state index in [-0.39, 0.29) is 36.7 Å². The lowest BCUT2D eigenvalue weighted by Crippen LogP contribution is -2.42. The van der Waals surface area contributed by atoms with Gasteiger partial charge in [0.25, 0.3) is 0 Å². The van der Waals surface area contributed by atoms with Crippen LogP contribution in [0, 0.1) is 5.92 Å². The molecule has 0 aromatic heterocycles. The standard InChI is InChI=1S/C17H22F3N3O3/c1-11(12-3-4-12)21-15(24)9-23(2)10-16(25)22-13-5-7-14(8-6-13)26-17(18,19)20/h5-8,11-12H,3-4,9-10H2,1-2H3,(H,21,24)(H,22,25)/t11-/m1/s1.